The number of hydrogen-bond donors (Lipinski definition) is 3. The number of esters is 1. The first-order valence-electron chi connectivity index (χ1n) is 12.1. The maximum atomic E-state index is 12.3. The molecule has 0 spiro atoms. The van der Waals surface area contributed by atoms with Crippen molar-refractivity contribution in [2.75, 3.05) is 13.2 Å². The number of ether oxygens (including phenoxy) is 1. The highest BCUT2D eigenvalue weighted by Crippen LogP contribution is 2.23. The van der Waals surface area contributed by atoms with Crippen LogP contribution in [0.25, 0.3) is 0 Å². The highest BCUT2D eigenvalue weighted by Gasteiger charge is 2.18. The molecule has 3 atom stereocenters. The average Bonchev–Trinajstić information content (AvgIpc) is 2.75. The van der Waals surface area contributed by atoms with Gasteiger partial charge in [0.1, 0.15) is 6.61 Å². The molecule has 7 nitrogen and oxygen atoms in total. The number of hydrogen-bond acceptors (Lipinski definition) is 4. The zero-order chi connectivity index (χ0) is 23.9. The van der Waals surface area contributed by atoms with E-state index in [9.17, 15) is 14.4 Å². The largest absolute Gasteiger partial charge is 0.461 e. The third-order valence-electron chi connectivity index (χ3n) is 6.02. The van der Waals surface area contributed by atoms with E-state index in [0.717, 1.165) is 18.4 Å². The zero-order valence-corrected chi connectivity index (χ0v) is 20.3. The van der Waals surface area contributed by atoms with Crippen LogP contribution >= 0.6 is 0 Å². The summed E-state index contributed by atoms with van der Waals surface area (Å²) in [5, 5.41) is 5.55. The van der Waals surface area contributed by atoms with Gasteiger partial charge in [-0.1, -0.05) is 58.8 Å². The molecule has 4 N–H and O–H groups in total. The van der Waals surface area contributed by atoms with Crippen LogP contribution in [0, 0.1) is 17.8 Å². The van der Waals surface area contributed by atoms with Gasteiger partial charge in [0.2, 0.25) is 5.91 Å². The first kappa shape index (κ1) is 27.7. The van der Waals surface area contributed by atoms with Crippen molar-refractivity contribution >= 4 is 17.9 Å². The second-order valence-corrected chi connectivity index (χ2v) is 9.17. The molecule has 0 aromatic rings. The Hall–Kier alpha value is -2.31. The minimum atomic E-state index is -0.547. The molecule has 1 rings (SSSR count). The smallest absolute Gasteiger partial charge is 0.312 e. The van der Waals surface area contributed by atoms with Crippen LogP contribution in [-0.4, -0.2) is 37.1 Å². The van der Waals surface area contributed by atoms with Crippen molar-refractivity contribution in [2.45, 2.75) is 85.1 Å². The predicted octanol–water partition coefficient (Wildman–Crippen LogP) is 4.23. The molecular formula is C25H43N3O4. The summed E-state index contributed by atoms with van der Waals surface area (Å²) < 4.78 is 5.43. The third kappa shape index (κ3) is 11.9. The summed E-state index contributed by atoms with van der Waals surface area (Å²) in [5.41, 5.74) is 5.98. The maximum Gasteiger partial charge on any atom is 0.312 e. The van der Waals surface area contributed by atoms with E-state index in [0.29, 0.717) is 44.1 Å². The van der Waals surface area contributed by atoms with E-state index >= 15 is 0 Å². The average molecular weight is 450 g/mol. The van der Waals surface area contributed by atoms with Crippen molar-refractivity contribution in [3.05, 3.63) is 23.8 Å². The summed E-state index contributed by atoms with van der Waals surface area (Å²) in [6.07, 6.45) is 12.7. The summed E-state index contributed by atoms with van der Waals surface area (Å²) in [7, 11) is 0. The molecule has 1 aliphatic rings. The SMILES string of the molecule is CCCC(CCCC(=O)OCC1=CCC(NC(=O)C(C)CCCNC(N)=O)C=C1)C(C)C. The highest BCUT2D eigenvalue weighted by molar-refractivity contribution is 5.79. The molecule has 32 heavy (non-hydrogen) atoms. The fraction of sp³-hybridized carbons (Fsp3) is 0.720. The van der Waals surface area contributed by atoms with Gasteiger partial charge < -0.3 is 21.1 Å². The van der Waals surface area contributed by atoms with Crippen LogP contribution in [0.4, 0.5) is 4.79 Å². The minimum Gasteiger partial charge on any atom is -0.461 e. The summed E-state index contributed by atoms with van der Waals surface area (Å²) in [6.45, 7) is 9.33. The van der Waals surface area contributed by atoms with Crippen molar-refractivity contribution in [2.24, 2.45) is 23.5 Å². The Balaban J connectivity index is 2.24. The Morgan fingerprint density at radius 3 is 2.50 bits per heavy atom. The first-order valence-corrected chi connectivity index (χ1v) is 12.1. The number of nitrogens with one attached hydrogen (secondary N) is 2. The number of carbonyl (C=O) groups is 3. The molecule has 0 saturated carbocycles. The topological polar surface area (TPSA) is 111 Å². The molecule has 1 aliphatic carbocycles. The van der Waals surface area contributed by atoms with Gasteiger partial charge in [0.25, 0.3) is 0 Å². The van der Waals surface area contributed by atoms with E-state index in [2.05, 4.69) is 31.4 Å². The van der Waals surface area contributed by atoms with Crippen molar-refractivity contribution in [3.63, 3.8) is 0 Å². The molecule has 0 aromatic carbocycles. The van der Waals surface area contributed by atoms with Crippen LogP contribution in [0.3, 0.4) is 0 Å². The van der Waals surface area contributed by atoms with Crippen LogP contribution in [0.15, 0.2) is 23.8 Å². The molecule has 0 heterocycles. The molecule has 3 unspecified atom stereocenters. The quantitative estimate of drug-likeness (QED) is 0.257. The highest BCUT2D eigenvalue weighted by atomic mass is 16.5. The summed E-state index contributed by atoms with van der Waals surface area (Å²) in [4.78, 5) is 35.0. The first-order chi connectivity index (χ1) is 15.2. The van der Waals surface area contributed by atoms with Gasteiger partial charge in [0.05, 0.1) is 6.04 Å². The number of amides is 3. The molecule has 0 radical (unpaired) electrons. The molecule has 7 heteroatoms. The van der Waals surface area contributed by atoms with Crippen molar-refractivity contribution in [1.29, 1.82) is 0 Å². The van der Waals surface area contributed by atoms with E-state index in [1.165, 1.54) is 12.8 Å². The van der Waals surface area contributed by atoms with Crippen molar-refractivity contribution < 1.29 is 19.1 Å². The molecule has 0 aromatic heterocycles. The van der Waals surface area contributed by atoms with Gasteiger partial charge in [-0.3, -0.25) is 9.59 Å². The van der Waals surface area contributed by atoms with Gasteiger partial charge in [-0.15, -0.1) is 0 Å². The van der Waals surface area contributed by atoms with E-state index in [-0.39, 0.29) is 30.4 Å². The van der Waals surface area contributed by atoms with Crippen LogP contribution < -0.4 is 16.4 Å². The van der Waals surface area contributed by atoms with Gasteiger partial charge in [-0.25, -0.2) is 4.79 Å². The number of rotatable bonds is 15. The standard InChI is InChI=1S/C25H43N3O4/c1-5-8-21(18(2)3)10-6-11-23(29)32-17-20-12-14-22(15-13-20)28-24(30)19(4)9-7-16-27-25(26)31/h12-14,18-19,21-22H,5-11,15-17H2,1-4H3,(H,28,30)(H3,26,27,31). The van der Waals surface area contributed by atoms with Crippen molar-refractivity contribution in [1.82, 2.24) is 10.6 Å². The van der Waals surface area contributed by atoms with Crippen LogP contribution in [-0.2, 0) is 14.3 Å². The normalized spacial score (nSPS) is 17.4. The summed E-state index contributed by atoms with van der Waals surface area (Å²) in [5.74, 6) is 1.03. The molecule has 0 saturated heterocycles. The Labute approximate surface area is 193 Å². The van der Waals surface area contributed by atoms with Crippen LogP contribution in [0.2, 0.25) is 0 Å². The Bertz CT molecular complexity index is 658. The van der Waals surface area contributed by atoms with Gasteiger partial charge >= 0.3 is 12.0 Å². The minimum absolute atomic E-state index is 0.00947. The number of urea groups is 1. The lowest BCUT2D eigenvalue weighted by atomic mass is 9.87. The monoisotopic (exact) mass is 449 g/mol. The second kappa shape index (κ2) is 15.5. The zero-order valence-electron chi connectivity index (χ0n) is 20.3. The third-order valence-corrected chi connectivity index (χ3v) is 6.02. The predicted molar refractivity (Wildman–Crippen MR) is 128 cm³/mol. The van der Waals surface area contributed by atoms with Gasteiger partial charge in [-0.2, -0.15) is 0 Å². The van der Waals surface area contributed by atoms with Gasteiger partial charge in [0.15, 0.2) is 0 Å². The Morgan fingerprint density at radius 1 is 1.16 bits per heavy atom. The van der Waals surface area contributed by atoms with E-state index in [4.69, 9.17) is 10.5 Å². The lowest BCUT2D eigenvalue weighted by Gasteiger charge is -2.21. The maximum absolute atomic E-state index is 12.3. The van der Waals surface area contributed by atoms with Gasteiger partial charge in [0, 0.05) is 18.9 Å². The molecule has 0 bridgehead atoms. The van der Waals surface area contributed by atoms with Crippen molar-refractivity contribution in [3.8, 4) is 0 Å². The van der Waals surface area contributed by atoms with Gasteiger partial charge in [-0.05, 0) is 49.5 Å². The Kier molecular flexibility index (Phi) is 13.4. The molecule has 182 valence electrons. The fourth-order valence-corrected chi connectivity index (χ4v) is 3.88. The molecule has 0 fully saturated rings. The number of nitrogens with two attached hydrogens (primary N) is 1. The van der Waals surface area contributed by atoms with E-state index in [1.54, 1.807) is 0 Å². The lowest BCUT2D eigenvalue weighted by molar-refractivity contribution is -0.142. The fourth-order valence-electron chi connectivity index (χ4n) is 3.88. The summed E-state index contributed by atoms with van der Waals surface area (Å²) in [6, 6.07) is -0.603. The number of primary amides is 1. The van der Waals surface area contributed by atoms with Crippen LogP contribution in [0.5, 0.6) is 0 Å². The second-order valence-electron chi connectivity index (χ2n) is 9.17. The van der Waals surface area contributed by atoms with E-state index in [1.807, 2.05) is 25.2 Å². The Morgan fingerprint density at radius 2 is 1.91 bits per heavy atom. The van der Waals surface area contributed by atoms with Crippen LogP contribution in [0.1, 0.15) is 79.1 Å². The van der Waals surface area contributed by atoms with E-state index < -0.39 is 6.03 Å². The summed E-state index contributed by atoms with van der Waals surface area (Å²) >= 11 is 0. The molecule has 0 aliphatic heterocycles. The number of carbonyl (C=O) groups excluding carboxylic acids is 3. The molecule has 3 amide bonds. The molecular weight excluding hydrogens is 406 g/mol. The lowest BCUT2D eigenvalue weighted by Crippen LogP contribution is -2.38.